The summed E-state index contributed by atoms with van der Waals surface area (Å²) in [6, 6.07) is 0. The van der Waals surface area contributed by atoms with E-state index in [9.17, 15) is 0 Å². The molecule has 102 valence electrons. The molecule has 0 fully saturated rings. The molecule has 1 rings (SSSR count). The molecular formula is C14H24ClN3. The first-order valence-corrected chi connectivity index (χ1v) is 6.93. The monoisotopic (exact) mass is 269 g/mol. The Balaban J connectivity index is 2.28. The van der Waals surface area contributed by atoms with Crippen LogP contribution in [0.3, 0.4) is 0 Å². The average molecular weight is 270 g/mol. The predicted molar refractivity (Wildman–Crippen MR) is 78.1 cm³/mol. The molecule has 0 aliphatic heterocycles. The van der Waals surface area contributed by atoms with Crippen LogP contribution in [-0.4, -0.2) is 22.9 Å². The molecule has 0 bridgehead atoms. The molecule has 3 nitrogen and oxygen atoms in total. The molecule has 1 aromatic heterocycles. The van der Waals surface area contributed by atoms with Gasteiger partial charge < -0.3 is 5.32 Å². The summed E-state index contributed by atoms with van der Waals surface area (Å²) >= 11 is 6.17. The Hall–Kier alpha value is -0.800. The lowest BCUT2D eigenvalue weighted by Crippen LogP contribution is -2.20. The van der Waals surface area contributed by atoms with Crippen LogP contribution < -0.4 is 5.32 Å². The zero-order valence-electron chi connectivity index (χ0n) is 11.8. The van der Waals surface area contributed by atoms with Crippen molar-refractivity contribution in [3.8, 4) is 0 Å². The molecule has 0 saturated heterocycles. The van der Waals surface area contributed by atoms with Gasteiger partial charge in [-0.2, -0.15) is 5.10 Å². The minimum Gasteiger partial charge on any atom is -0.316 e. The maximum Gasteiger partial charge on any atom is 0.130 e. The van der Waals surface area contributed by atoms with Crippen molar-refractivity contribution >= 4 is 11.6 Å². The minimum absolute atomic E-state index is 0.714. The maximum atomic E-state index is 6.17. The van der Waals surface area contributed by atoms with E-state index in [1.165, 1.54) is 0 Å². The van der Waals surface area contributed by atoms with Crippen molar-refractivity contribution < 1.29 is 0 Å². The van der Waals surface area contributed by atoms with Gasteiger partial charge in [0.1, 0.15) is 5.15 Å². The van der Waals surface area contributed by atoms with Gasteiger partial charge in [0.2, 0.25) is 0 Å². The lowest BCUT2D eigenvalue weighted by Gasteiger charge is -2.04. The number of nitrogens with zero attached hydrogens (tertiary/aromatic N) is 2. The summed E-state index contributed by atoms with van der Waals surface area (Å²) in [5.74, 6) is 0.714. The highest BCUT2D eigenvalue weighted by atomic mass is 35.5. The molecular weight excluding hydrogens is 246 g/mol. The zero-order valence-corrected chi connectivity index (χ0v) is 12.6. The maximum absolute atomic E-state index is 6.17. The van der Waals surface area contributed by atoms with Crippen molar-refractivity contribution in [2.75, 3.05) is 13.1 Å². The van der Waals surface area contributed by atoms with E-state index >= 15 is 0 Å². The Morgan fingerprint density at radius 1 is 1.39 bits per heavy atom. The van der Waals surface area contributed by atoms with E-state index in [2.05, 4.69) is 36.4 Å². The lowest BCUT2D eigenvalue weighted by atomic mass is 10.2. The summed E-state index contributed by atoms with van der Waals surface area (Å²) in [7, 11) is 1.87. The van der Waals surface area contributed by atoms with Crippen molar-refractivity contribution in [2.45, 2.75) is 33.6 Å². The highest BCUT2D eigenvalue weighted by molar-refractivity contribution is 6.30. The van der Waals surface area contributed by atoms with E-state index in [-0.39, 0.29) is 0 Å². The molecule has 0 aliphatic carbocycles. The minimum atomic E-state index is 0.714. The molecule has 0 saturated carbocycles. The normalized spacial score (nSPS) is 11.9. The lowest BCUT2D eigenvalue weighted by molar-refractivity contribution is 0.556. The first-order chi connectivity index (χ1) is 8.52. The van der Waals surface area contributed by atoms with Gasteiger partial charge >= 0.3 is 0 Å². The van der Waals surface area contributed by atoms with E-state index in [1.807, 2.05) is 14.0 Å². The van der Waals surface area contributed by atoms with Crippen molar-refractivity contribution in [3.63, 3.8) is 0 Å². The number of halogens is 1. The Bertz CT molecular complexity index is 394. The molecule has 0 radical (unpaired) electrons. The summed E-state index contributed by atoms with van der Waals surface area (Å²) in [4.78, 5) is 0. The van der Waals surface area contributed by atoms with Crippen LogP contribution in [0.5, 0.6) is 0 Å². The van der Waals surface area contributed by atoms with Crippen LogP contribution >= 0.6 is 11.6 Å². The SMILES string of the molecule is Cc1nn(C)c(Cl)c1C/C=C/CCNCC(C)C. The molecule has 0 aromatic carbocycles. The number of hydrogen-bond acceptors (Lipinski definition) is 2. The van der Waals surface area contributed by atoms with Crippen LogP contribution in [0.1, 0.15) is 31.5 Å². The van der Waals surface area contributed by atoms with Gasteiger partial charge in [0.15, 0.2) is 0 Å². The van der Waals surface area contributed by atoms with E-state index < -0.39 is 0 Å². The third kappa shape index (κ3) is 4.83. The summed E-state index contributed by atoms with van der Waals surface area (Å²) in [5.41, 5.74) is 2.15. The predicted octanol–water partition coefficient (Wildman–Crippen LogP) is 3.12. The summed E-state index contributed by atoms with van der Waals surface area (Å²) in [5, 5.41) is 8.46. The van der Waals surface area contributed by atoms with E-state index in [4.69, 9.17) is 11.6 Å². The van der Waals surface area contributed by atoms with Crippen molar-refractivity contribution in [3.05, 3.63) is 28.6 Å². The quantitative estimate of drug-likeness (QED) is 0.609. The molecule has 0 aliphatic rings. The zero-order chi connectivity index (χ0) is 13.5. The average Bonchev–Trinajstić information content (AvgIpc) is 2.53. The molecule has 1 N–H and O–H groups in total. The Labute approximate surface area is 115 Å². The number of hydrogen-bond donors (Lipinski definition) is 1. The number of aryl methyl sites for hydroxylation is 2. The number of allylic oxidation sites excluding steroid dienone is 1. The largest absolute Gasteiger partial charge is 0.316 e. The number of nitrogens with one attached hydrogen (secondary N) is 1. The standard InChI is InChI=1S/C14H24ClN3/c1-11(2)10-16-9-7-5-6-8-13-12(3)17-18(4)14(13)15/h5-6,11,16H,7-10H2,1-4H3/b6-5+. The number of aromatic nitrogens is 2. The molecule has 4 heteroatoms. The van der Waals surface area contributed by atoms with Gasteiger partial charge in [-0.25, -0.2) is 0 Å². The second kappa shape index (κ2) is 7.59. The molecule has 0 amide bonds. The molecule has 18 heavy (non-hydrogen) atoms. The van der Waals surface area contributed by atoms with Gasteiger partial charge in [-0.1, -0.05) is 37.6 Å². The topological polar surface area (TPSA) is 29.9 Å². The van der Waals surface area contributed by atoms with E-state index in [0.29, 0.717) is 5.92 Å². The van der Waals surface area contributed by atoms with Gasteiger partial charge in [0.25, 0.3) is 0 Å². The van der Waals surface area contributed by atoms with Gasteiger partial charge in [0, 0.05) is 12.6 Å². The second-order valence-electron chi connectivity index (χ2n) is 5.04. The van der Waals surface area contributed by atoms with E-state index in [0.717, 1.165) is 42.3 Å². The van der Waals surface area contributed by atoms with Crippen molar-refractivity contribution in [1.29, 1.82) is 0 Å². The van der Waals surface area contributed by atoms with Gasteiger partial charge in [0.05, 0.1) is 5.69 Å². The highest BCUT2D eigenvalue weighted by Gasteiger charge is 2.08. The summed E-state index contributed by atoms with van der Waals surface area (Å²) in [6.45, 7) is 8.56. The fourth-order valence-corrected chi connectivity index (χ4v) is 2.05. The van der Waals surface area contributed by atoms with Crippen LogP contribution in [0.4, 0.5) is 0 Å². The molecule has 0 atom stereocenters. The smallest absolute Gasteiger partial charge is 0.130 e. The third-order valence-electron chi connectivity index (χ3n) is 2.80. The fourth-order valence-electron chi connectivity index (χ4n) is 1.80. The first kappa shape index (κ1) is 15.3. The Morgan fingerprint density at radius 3 is 2.67 bits per heavy atom. The van der Waals surface area contributed by atoms with Crippen molar-refractivity contribution in [2.24, 2.45) is 13.0 Å². The molecule has 1 aromatic rings. The van der Waals surface area contributed by atoms with Gasteiger partial charge in [-0.15, -0.1) is 0 Å². The first-order valence-electron chi connectivity index (χ1n) is 6.56. The van der Waals surface area contributed by atoms with Crippen LogP contribution in [0.15, 0.2) is 12.2 Å². The Morgan fingerprint density at radius 2 is 2.11 bits per heavy atom. The third-order valence-corrected chi connectivity index (χ3v) is 3.27. The summed E-state index contributed by atoms with van der Waals surface area (Å²) < 4.78 is 1.73. The van der Waals surface area contributed by atoms with Crippen LogP contribution in [0, 0.1) is 12.8 Å². The molecule has 0 spiro atoms. The second-order valence-corrected chi connectivity index (χ2v) is 5.40. The highest BCUT2D eigenvalue weighted by Crippen LogP contribution is 2.19. The van der Waals surface area contributed by atoms with Gasteiger partial charge in [-0.3, -0.25) is 4.68 Å². The molecule has 1 heterocycles. The molecule has 0 unspecified atom stereocenters. The Kier molecular flexibility index (Phi) is 6.44. The van der Waals surface area contributed by atoms with Gasteiger partial charge in [-0.05, 0) is 38.8 Å². The van der Waals surface area contributed by atoms with Crippen LogP contribution in [-0.2, 0) is 13.5 Å². The van der Waals surface area contributed by atoms with Crippen LogP contribution in [0.25, 0.3) is 0 Å². The summed E-state index contributed by atoms with van der Waals surface area (Å²) in [6.07, 6.45) is 6.30. The van der Waals surface area contributed by atoms with E-state index in [1.54, 1.807) is 4.68 Å². The fraction of sp³-hybridized carbons (Fsp3) is 0.643. The van der Waals surface area contributed by atoms with Crippen molar-refractivity contribution in [1.82, 2.24) is 15.1 Å². The van der Waals surface area contributed by atoms with Crippen LogP contribution in [0.2, 0.25) is 5.15 Å². The number of rotatable bonds is 7.